The van der Waals surface area contributed by atoms with Gasteiger partial charge >= 0.3 is 6.18 Å². The molecular formula is C26H22BrClF3N5O. The molecule has 5 rings (SSSR count). The van der Waals surface area contributed by atoms with Crippen molar-refractivity contribution in [3.63, 3.8) is 0 Å². The van der Waals surface area contributed by atoms with Crippen LogP contribution < -0.4 is 5.32 Å². The molecule has 1 fully saturated rings. The molecule has 192 valence electrons. The third kappa shape index (κ3) is 5.31. The van der Waals surface area contributed by atoms with E-state index in [4.69, 9.17) is 16.6 Å². The van der Waals surface area contributed by atoms with Gasteiger partial charge in [-0.2, -0.15) is 22.8 Å². The number of piperidine rings is 1. The summed E-state index contributed by atoms with van der Waals surface area (Å²) in [7, 11) is 0. The molecule has 1 unspecified atom stereocenters. The van der Waals surface area contributed by atoms with Crippen LogP contribution in [0, 0.1) is 5.92 Å². The van der Waals surface area contributed by atoms with E-state index in [0.29, 0.717) is 48.2 Å². The second-order valence-electron chi connectivity index (χ2n) is 8.92. The Balaban J connectivity index is 1.36. The van der Waals surface area contributed by atoms with Crippen molar-refractivity contribution >= 4 is 44.9 Å². The number of benzene rings is 2. The maximum absolute atomic E-state index is 13.5. The molecule has 0 spiro atoms. The number of alkyl halides is 3. The second kappa shape index (κ2) is 10.3. The smallest absolute Gasteiger partial charge is 0.370 e. The standard InChI is InChI=1S/C26H22BrClF3N5O/c27-20-14-33-36-23(12-22(34-24(20)36)18-8-2-4-10-21(18)28)32-13-16-6-5-11-35(15-16)25(37)17-7-1-3-9-19(17)26(29,30)31/h1-4,7-10,12,14,16,32H,5-6,11,13,15H2. The highest BCUT2D eigenvalue weighted by molar-refractivity contribution is 9.10. The lowest BCUT2D eigenvalue weighted by molar-refractivity contribution is -0.138. The Hall–Kier alpha value is -3.11. The average Bonchev–Trinajstić information content (AvgIpc) is 3.27. The van der Waals surface area contributed by atoms with Crippen molar-refractivity contribution in [3.05, 3.63) is 81.4 Å². The average molecular weight is 593 g/mol. The molecule has 0 saturated carbocycles. The van der Waals surface area contributed by atoms with Crippen molar-refractivity contribution < 1.29 is 18.0 Å². The zero-order valence-electron chi connectivity index (χ0n) is 19.5. The molecule has 1 amide bonds. The molecule has 6 nitrogen and oxygen atoms in total. The van der Waals surface area contributed by atoms with Crippen LogP contribution in [0.15, 0.2) is 65.3 Å². The number of anilines is 1. The number of amides is 1. The van der Waals surface area contributed by atoms with Crippen LogP contribution in [-0.2, 0) is 6.18 Å². The van der Waals surface area contributed by atoms with Gasteiger partial charge in [-0.05, 0) is 52.9 Å². The van der Waals surface area contributed by atoms with Crippen LogP contribution in [0.1, 0.15) is 28.8 Å². The van der Waals surface area contributed by atoms with Crippen molar-refractivity contribution in [2.75, 3.05) is 25.0 Å². The maximum atomic E-state index is 13.5. The van der Waals surface area contributed by atoms with Crippen molar-refractivity contribution in [2.45, 2.75) is 19.0 Å². The van der Waals surface area contributed by atoms with E-state index in [-0.39, 0.29) is 11.5 Å². The van der Waals surface area contributed by atoms with E-state index in [2.05, 4.69) is 26.3 Å². The highest BCUT2D eigenvalue weighted by atomic mass is 79.9. The van der Waals surface area contributed by atoms with Crippen LogP contribution in [0.4, 0.5) is 19.0 Å². The summed E-state index contributed by atoms with van der Waals surface area (Å²) >= 11 is 9.90. The number of carbonyl (C=O) groups excluding carboxylic acids is 1. The van der Waals surface area contributed by atoms with Gasteiger partial charge in [-0.3, -0.25) is 4.79 Å². The Morgan fingerprint density at radius 2 is 1.92 bits per heavy atom. The third-order valence-corrected chi connectivity index (χ3v) is 7.31. The van der Waals surface area contributed by atoms with E-state index in [9.17, 15) is 18.0 Å². The molecule has 37 heavy (non-hydrogen) atoms. The number of rotatable bonds is 5. The van der Waals surface area contributed by atoms with Gasteiger partial charge < -0.3 is 10.2 Å². The molecular weight excluding hydrogens is 571 g/mol. The lowest BCUT2D eigenvalue weighted by Gasteiger charge is -2.33. The van der Waals surface area contributed by atoms with Crippen molar-refractivity contribution in [1.82, 2.24) is 19.5 Å². The van der Waals surface area contributed by atoms with Crippen LogP contribution in [0.25, 0.3) is 16.9 Å². The normalized spacial score (nSPS) is 16.2. The number of halogens is 5. The molecule has 0 radical (unpaired) electrons. The lowest BCUT2D eigenvalue weighted by Crippen LogP contribution is -2.42. The van der Waals surface area contributed by atoms with Gasteiger partial charge in [-0.25, -0.2) is 4.98 Å². The number of fused-ring (bicyclic) bond motifs is 1. The number of nitrogens with zero attached hydrogens (tertiary/aromatic N) is 4. The number of aromatic nitrogens is 3. The first-order valence-electron chi connectivity index (χ1n) is 11.7. The second-order valence-corrected chi connectivity index (χ2v) is 10.2. The van der Waals surface area contributed by atoms with Gasteiger partial charge in [0.2, 0.25) is 0 Å². The molecule has 0 aliphatic carbocycles. The quantitative estimate of drug-likeness (QED) is 0.277. The third-order valence-electron chi connectivity index (χ3n) is 6.42. The minimum absolute atomic E-state index is 0.0433. The summed E-state index contributed by atoms with van der Waals surface area (Å²) in [6, 6.07) is 14.2. The summed E-state index contributed by atoms with van der Waals surface area (Å²) in [6.07, 6.45) is -1.39. The predicted octanol–water partition coefficient (Wildman–Crippen LogP) is 6.80. The summed E-state index contributed by atoms with van der Waals surface area (Å²) in [4.78, 5) is 19.3. The molecule has 2 aromatic carbocycles. The Morgan fingerprint density at radius 1 is 1.16 bits per heavy atom. The van der Waals surface area contributed by atoms with Gasteiger partial charge in [-0.15, -0.1) is 0 Å². The minimum atomic E-state index is -4.59. The van der Waals surface area contributed by atoms with Gasteiger partial charge in [0.05, 0.1) is 27.5 Å². The Morgan fingerprint density at radius 3 is 2.70 bits per heavy atom. The first kappa shape index (κ1) is 25.5. The minimum Gasteiger partial charge on any atom is -0.370 e. The fraction of sp³-hybridized carbons (Fsp3) is 0.269. The Labute approximate surface area is 224 Å². The summed E-state index contributed by atoms with van der Waals surface area (Å²) in [5.74, 6) is 0.138. The van der Waals surface area contributed by atoms with Crippen LogP contribution in [0.3, 0.4) is 0 Å². The van der Waals surface area contributed by atoms with E-state index in [1.807, 2.05) is 24.3 Å². The van der Waals surface area contributed by atoms with Crippen LogP contribution >= 0.6 is 27.5 Å². The first-order valence-corrected chi connectivity index (χ1v) is 12.9. The number of hydrogen-bond acceptors (Lipinski definition) is 4. The zero-order valence-corrected chi connectivity index (χ0v) is 21.8. The fourth-order valence-corrected chi connectivity index (χ4v) is 5.20. The Kier molecular flexibility index (Phi) is 7.13. The van der Waals surface area contributed by atoms with Crippen molar-refractivity contribution in [1.29, 1.82) is 0 Å². The molecule has 0 bridgehead atoms. The summed E-state index contributed by atoms with van der Waals surface area (Å²) in [5.41, 5.74) is 0.844. The van der Waals surface area contributed by atoms with Crippen molar-refractivity contribution in [2.24, 2.45) is 5.92 Å². The number of hydrogen-bond donors (Lipinski definition) is 1. The summed E-state index contributed by atoms with van der Waals surface area (Å²) < 4.78 is 42.8. The van der Waals surface area contributed by atoms with E-state index in [1.165, 1.54) is 23.1 Å². The first-order chi connectivity index (χ1) is 17.7. The molecule has 1 aliphatic rings. The van der Waals surface area contributed by atoms with E-state index < -0.39 is 17.6 Å². The van der Waals surface area contributed by atoms with Gasteiger partial charge in [0, 0.05) is 36.3 Å². The molecule has 4 aromatic rings. The molecule has 1 saturated heterocycles. The number of carbonyl (C=O) groups is 1. The number of nitrogens with one attached hydrogen (secondary N) is 1. The van der Waals surface area contributed by atoms with Crippen molar-refractivity contribution in [3.8, 4) is 11.3 Å². The van der Waals surface area contributed by atoms with Gasteiger partial charge in [0.15, 0.2) is 5.65 Å². The molecule has 1 aliphatic heterocycles. The monoisotopic (exact) mass is 591 g/mol. The topological polar surface area (TPSA) is 62.5 Å². The number of likely N-dealkylation sites (tertiary alicyclic amines) is 1. The van der Waals surface area contributed by atoms with E-state index in [0.717, 1.165) is 22.5 Å². The lowest BCUT2D eigenvalue weighted by atomic mass is 9.96. The summed E-state index contributed by atoms with van der Waals surface area (Å²) in [5, 5.41) is 8.38. The molecule has 2 aromatic heterocycles. The SMILES string of the molecule is O=C(c1ccccc1C(F)(F)F)N1CCCC(CNc2cc(-c3ccccc3Cl)nc3c(Br)cnn23)C1. The molecule has 11 heteroatoms. The Bertz CT molecular complexity index is 1460. The highest BCUT2D eigenvalue weighted by Crippen LogP contribution is 2.33. The molecule has 3 heterocycles. The molecule has 1 N–H and O–H groups in total. The zero-order chi connectivity index (χ0) is 26.2. The summed E-state index contributed by atoms with van der Waals surface area (Å²) in [6.45, 7) is 1.28. The maximum Gasteiger partial charge on any atom is 0.417 e. The van der Waals surface area contributed by atoms with Gasteiger partial charge in [0.1, 0.15) is 5.82 Å². The predicted molar refractivity (Wildman–Crippen MR) is 140 cm³/mol. The van der Waals surface area contributed by atoms with Gasteiger partial charge in [-0.1, -0.05) is 41.9 Å². The highest BCUT2D eigenvalue weighted by Gasteiger charge is 2.36. The van der Waals surface area contributed by atoms with E-state index in [1.54, 1.807) is 16.8 Å². The van der Waals surface area contributed by atoms with Crippen LogP contribution in [-0.4, -0.2) is 45.0 Å². The van der Waals surface area contributed by atoms with E-state index >= 15 is 0 Å². The van der Waals surface area contributed by atoms with Gasteiger partial charge in [0.25, 0.3) is 5.91 Å². The van der Waals surface area contributed by atoms with Crippen LogP contribution in [0.5, 0.6) is 0 Å². The van der Waals surface area contributed by atoms with Crippen LogP contribution in [0.2, 0.25) is 5.02 Å². The molecule has 1 atom stereocenters. The largest absolute Gasteiger partial charge is 0.417 e. The fourth-order valence-electron chi connectivity index (χ4n) is 4.62.